The molecule has 1 rings (SSSR count). The van der Waals surface area contributed by atoms with E-state index in [0.29, 0.717) is 6.42 Å². The van der Waals surface area contributed by atoms with Crippen molar-refractivity contribution >= 4 is 11.5 Å². The summed E-state index contributed by atoms with van der Waals surface area (Å²) in [6.45, 7) is 1.93. The quantitative estimate of drug-likeness (QED) is 0.843. The first-order chi connectivity index (χ1) is 8.58. The highest BCUT2D eigenvalue weighted by molar-refractivity contribution is 5.71. The van der Waals surface area contributed by atoms with E-state index in [2.05, 4.69) is 0 Å². The zero-order valence-corrected chi connectivity index (χ0v) is 10.9. The zero-order valence-electron chi connectivity index (χ0n) is 10.9. The highest BCUT2D eigenvalue weighted by Crippen LogP contribution is 2.30. The van der Waals surface area contributed by atoms with Gasteiger partial charge in [0.05, 0.1) is 14.2 Å². The third kappa shape index (κ3) is 3.80. The lowest BCUT2D eigenvalue weighted by molar-refractivity contribution is -0.136. The third-order valence-electron chi connectivity index (χ3n) is 2.64. The van der Waals surface area contributed by atoms with E-state index in [1.54, 1.807) is 14.2 Å². The Morgan fingerprint density at radius 1 is 1.33 bits per heavy atom. The minimum atomic E-state index is -0.795. The van der Waals surface area contributed by atoms with Crippen molar-refractivity contribution in [3.8, 4) is 11.5 Å². The molecule has 0 radical (unpaired) electrons. The molecule has 1 aromatic carbocycles. The number of benzene rings is 1. The van der Waals surface area contributed by atoms with Crippen molar-refractivity contribution < 1.29 is 19.4 Å². The highest BCUT2D eigenvalue weighted by Gasteiger charge is 2.06. The number of rotatable bonds is 6. The Hall–Kier alpha value is -1.97. The highest BCUT2D eigenvalue weighted by atomic mass is 16.5. The van der Waals surface area contributed by atoms with E-state index < -0.39 is 5.97 Å². The first-order valence-electron chi connectivity index (χ1n) is 5.69. The summed E-state index contributed by atoms with van der Waals surface area (Å²) in [5, 5.41) is 8.61. The number of hydrogen-bond donors (Lipinski definition) is 1. The Labute approximate surface area is 107 Å². The molecule has 1 N–H and O–H groups in total. The van der Waals surface area contributed by atoms with Crippen molar-refractivity contribution in [1.29, 1.82) is 0 Å². The molecule has 0 aromatic heterocycles. The number of hydrogen-bond acceptors (Lipinski definition) is 3. The fraction of sp³-hybridized carbons (Fsp3) is 0.357. The standard InChI is InChI=1S/C14H18O4/c1-10(5-4-6-14(15)16)12-9-11(17-2)7-8-13(12)18-3/h5,7-9H,4,6H2,1-3H3,(H,15,16)/b10-5+. The van der Waals surface area contributed by atoms with Gasteiger partial charge in [-0.15, -0.1) is 0 Å². The first kappa shape index (κ1) is 14.1. The van der Waals surface area contributed by atoms with Crippen LogP contribution in [0.2, 0.25) is 0 Å². The van der Waals surface area contributed by atoms with Crippen molar-refractivity contribution in [1.82, 2.24) is 0 Å². The molecule has 0 aliphatic rings. The predicted molar refractivity (Wildman–Crippen MR) is 70.1 cm³/mol. The Morgan fingerprint density at radius 2 is 2.06 bits per heavy atom. The number of aliphatic carboxylic acids is 1. The van der Waals surface area contributed by atoms with E-state index >= 15 is 0 Å². The van der Waals surface area contributed by atoms with Gasteiger partial charge in [-0.3, -0.25) is 4.79 Å². The molecule has 0 aliphatic heterocycles. The number of carbonyl (C=O) groups is 1. The third-order valence-corrected chi connectivity index (χ3v) is 2.64. The Balaban J connectivity index is 2.94. The van der Waals surface area contributed by atoms with Gasteiger partial charge in [0.15, 0.2) is 0 Å². The Morgan fingerprint density at radius 3 is 2.61 bits per heavy atom. The average molecular weight is 250 g/mol. The van der Waals surface area contributed by atoms with Crippen LogP contribution in [0.5, 0.6) is 11.5 Å². The molecule has 0 fully saturated rings. The van der Waals surface area contributed by atoms with Crippen molar-refractivity contribution in [3.63, 3.8) is 0 Å². The fourth-order valence-electron chi connectivity index (χ4n) is 1.64. The maximum Gasteiger partial charge on any atom is 0.303 e. The molecule has 18 heavy (non-hydrogen) atoms. The molecule has 0 amide bonds. The topological polar surface area (TPSA) is 55.8 Å². The summed E-state index contributed by atoms with van der Waals surface area (Å²) in [5.41, 5.74) is 1.90. The normalized spacial score (nSPS) is 11.2. The molecule has 0 atom stereocenters. The molecule has 98 valence electrons. The van der Waals surface area contributed by atoms with E-state index in [1.165, 1.54) is 0 Å². The van der Waals surface area contributed by atoms with Crippen LogP contribution in [0.1, 0.15) is 25.3 Å². The fourth-order valence-corrected chi connectivity index (χ4v) is 1.64. The van der Waals surface area contributed by atoms with Gasteiger partial charge in [-0.1, -0.05) is 6.08 Å². The molecule has 4 nitrogen and oxygen atoms in total. The first-order valence-corrected chi connectivity index (χ1v) is 5.69. The van der Waals surface area contributed by atoms with Gasteiger partial charge in [-0.2, -0.15) is 0 Å². The number of carboxylic acid groups (broad SMARTS) is 1. The molecule has 0 bridgehead atoms. The van der Waals surface area contributed by atoms with Crippen LogP contribution in [0, 0.1) is 0 Å². The molecule has 0 unspecified atom stereocenters. The number of ether oxygens (including phenoxy) is 2. The van der Waals surface area contributed by atoms with Gasteiger partial charge in [-0.05, 0) is 37.1 Å². The van der Waals surface area contributed by atoms with Crippen LogP contribution in [0.3, 0.4) is 0 Å². The summed E-state index contributed by atoms with van der Waals surface area (Å²) in [5.74, 6) is 0.702. The second kappa shape index (κ2) is 6.69. The van der Waals surface area contributed by atoms with Crippen molar-refractivity contribution in [3.05, 3.63) is 29.8 Å². The monoisotopic (exact) mass is 250 g/mol. The van der Waals surface area contributed by atoms with E-state index in [-0.39, 0.29) is 6.42 Å². The smallest absolute Gasteiger partial charge is 0.303 e. The predicted octanol–water partition coefficient (Wildman–Crippen LogP) is 2.97. The van der Waals surface area contributed by atoms with E-state index in [0.717, 1.165) is 22.6 Å². The second-order valence-electron chi connectivity index (χ2n) is 3.89. The van der Waals surface area contributed by atoms with E-state index in [4.69, 9.17) is 14.6 Å². The van der Waals surface area contributed by atoms with Crippen LogP contribution in [0.4, 0.5) is 0 Å². The van der Waals surface area contributed by atoms with E-state index in [9.17, 15) is 4.79 Å². The molecule has 0 spiro atoms. The molecular formula is C14H18O4. The molecule has 4 heteroatoms. The van der Waals surface area contributed by atoms with Crippen molar-refractivity contribution in [2.45, 2.75) is 19.8 Å². The summed E-state index contributed by atoms with van der Waals surface area (Å²) < 4.78 is 10.5. The van der Waals surface area contributed by atoms with Gasteiger partial charge in [0, 0.05) is 12.0 Å². The summed E-state index contributed by atoms with van der Waals surface area (Å²) in [6.07, 6.45) is 2.52. The Bertz CT molecular complexity index is 449. The zero-order chi connectivity index (χ0) is 13.5. The summed E-state index contributed by atoms with van der Waals surface area (Å²) in [7, 11) is 3.21. The SMILES string of the molecule is COc1ccc(OC)c(/C(C)=C/CCC(=O)O)c1. The average Bonchev–Trinajstić information content (AvgIpc) is 2.37. The van der Waals surface area contributed by atoms with Gasteiger partial charge >= 0.3 is 5.97 Å². The molecule has 0 aliphatic carbocycles. The molecule has 1 aromatic rings. The van der Waals surface area contributed by atoms with Crippen LogP contribution in [0.15, 0.2) is 24.3 Å². The summed E-state index contributed by atoms with van der Waals surface area (Å²) in [6, 6.07) is 5.54. The lowest BCUT2D eigenvalue weighted by Gasteiger charge is -2.10. The Kier molecular flexibility index (Phi) is 5.24. The number of allylic oxidation sites excluding steroid dienone is 2. The molecular weight excluding hydrogens is 232 g/mol. The summed E-state index contributed by atoms with van der Waals surface area (Å²) >= 11 is 0. The molecule has 0 saturated heterocycles. The minimum absolute atomic E-state index is 0.129. The van der Waals surface area contributed by atoms with Crippen LogP contribution < -0.4 is 9.47 Å². The maximum absolute atomic E-state index is 10.5. The molecule has 0 heterocycles. The van der Waals surface area contributed by atoms with Crippen LogP contribution in [-0.2, 0) is 4.79 Å². The second-order valence-corrected chi connectivity index (χ2v) is 3.89. The van der Waals surface area contributed by atoms with Crippen molar-refractivity contribution in [2.24, 2.45) is 0 Å². The maximum atomic E-state index is 10.5. The van der Waals surface area contributed by atoms with Crippen LogP contribution in [-0.4, -0.2) is 25.3 Å². The van der Waals surface area contributed by atoms with Gasteiger partial charge in [-0.25, -0.2) is 0 Å². The van der Waals surface area contributed by atoms with E-state index in [1.807, 2.05) is 31.2 Å². The number of methoxy groups -OCH3 is 2. The van der Waals surface area contributed by atoms with Gasteiger partial charge < -0.3 is 14.6 Å². The largest absolute Gasteiger partial charge is 0.497 e. The van der Waals surface area contributed by atoms with Gasteiger partial charge in [0.1, 0.15) is 11.5 Å². The number of carboxylic acids is 1. The van der Waals surface area contributed by atoms with Gasteiger partial charge in [0.25, 0.3) is 0 Å². The van der Waals surface area contributed by atoms with Crippen LogP contribution in [0.25, 0.3) is 5.57 Å². The van der Waals surface area contributed by atoms with Gasteiger partial charge in [0.2, 0.25) is 0 Å². The lowest BCUT2D eigenvalue weighted by Crippen LogP contribution is -1.94. The molecule has 0 saturated carbocycles. The van der Waals surface area contributed by atoms with Crippen LogP contribution >= 0.6 is 0 Å². The van der Waals surface area contributed by atoms with Crippen molar-refractivity contribution in [2.75, 3.05) is 14.2 Å². The summed E-state index contributed by atoms with van der Waals surface area (Å²) in [4.78, 5) is 10.5. The lowest BCUT2D eigenvalue weighted by atomic mass is 10.0. The minimum Gasteiger partial charge on any atom is -0.497 e.